The second-order valence-corrected chi connectivity index (χ2v) is 15.4. The Bertz CT molecular complexity index is 1690. The topological polar surface area (TPSA) is 75.9 Å². The Morgan fingerprint density at radius 3 is 2.54 bits per heavy atom. The third-order valence-corrected chi connectivity index (χ3v) is 12.5. The van der Waals surface area contributed by atoms with E-state index in [1.54, 1.807) is 7.11 Å². The van der Waals surface area contributed by atoms with Crippen LogP contribution in [0.4, 0.5) is 0 Å². The summed E-state index contributed by atoms with van der Waals surface area (Å²) >= 11 is 1.53. The van der Waals surface area contributed by atoms with E-state index in [9.17, 15) is 9.59 Å². The minimum Gasteiger partial charge on any atom is -0.497 e. The van der Waals surface area contributed by atoms with Crippen LogP contribution in [0.5, 0.6) is 5.75 Å². The summed E-state index contributed by atoms with van der Waals surface area (Å²) in [5.41, 5.74) is 7.05. The third-order valence-electron chi connectivity index (χ3n) is 11.2. The first-order valence-electron chi connectivity index (χ1n) is 18.4. The molecular formula is C40H54N4O3S. The lowest BCUT2D eigenvalue weighted by atomic mass is 9.81. The van der Waals surface area contributed by atoms with E-state index in [2.05, 4.69) is 79.3 Å². The van der Waals surface area contributed by atoms with Gasteiger partial charge in [-0.05, 0) is 111 Å². The fraction of sp³-hybridized carbons (Fsp3) is 0.575. The zero-order valence-corrected chi connectivity index (χ0v) is 30.7. The number of hydrogen-bond acceptors (Lipinski definition) is 5. The monoisotopic (exact) mass is 670 g/mol. The van der Waals surface area contributed by atoms with Gasteiger partial charge in [-0.25, -0.2) is 4.99 Å². The van der Waals surface area contributed by atoms with Crippen molar-refractivity contribution in [3.05, 3.63) is 53.1 Å². The second kappa shape index (κ2) is 14.8. The van der Waals surface area contributed by atoms with Crippen LogP contribution in [-0.4, -0.2) is 59.5 Å². The van der Waals surface area contributed by atoms with E-state index in [-0.39, 0.29) is 17.7 Å². The highest BCUT2D eigenvalue weighted by molar-refractivity contribution is 7.98. The van der Waals surface area contributed by atoms with Gasteiger partial charge in [0.15, 0.2) is 0 Å². The summed E-state index contributed by atoms with van der Waals surface area (Å²) in [6.45, 7) is 10.8. The number of aromatic nitrogens is 1. The Kier molecular flexibility index (Phi) is 10.7. The van der Waals surface area contributed by atoms with Crippen molar-refractivity contribution in [2.45, 2.75) is 116 Å². The van der Waals surface area contributed by atoms with Gasteiger partial charge in [-0.15, -0.1) is 0 Å². The Morgan fingerprint density at radius 1 is 1.08 bits per heavy atom. The van der Waals surface area contributed by atoms with Crippen molar-refractivity contribution in [3.8, 4) is 17.0 Å². The van der Waals surface area contributed by atoms with Crippen molar-refractivity contribution in [3.63, 3.8) is 0 Å². The van der Waals surface area contributed by atoms with Gasteiger partial charge in [-0.1, -0.05) is 59.4 Å². The van der Waals surface area contributed by atoms with Crippen LogP contribution in [0, 0.1) is 5.41 Å². The fourth-order valence-electron chi connectivity index (χ4n) is 8.21. The molecule has 8 heteroatoms. The number of carbonyl (C=O) groups excluding carboxylic acids is 2. The van der Waals surface area contributed by atoms with Gasteiger partial charge in [0.2, 0.25) is 0 Å². The van der Waals surface area contributed by atoms with Gasteiger partial charge in [0.25, 0.3) is 11.8 Å². The molecule has 1 aliphatic heterocycles. The number of rotatable bonds is 13. The predicted molar refractivity (Wildman–Crippen MR) is 199 cm³/mol. The molecule has 2 unspecified atom stereocenters. The second-order valence-electron chi connectivity index (χ2n) is 14.3. The quantitative estimate of drug-likeness (QED) is 0.145. The van der Waals surface area contributed by atoms with Crippen LogP contribution in [0.25, 0.3) is 22.2 Å². The Morgan fingerprint density at radius 2 is 1.85 bits per heavy atom. The van der Waals surface area contributed by atoms with Gasteiger partial charge in [0.1, 0.15) is 5.75 Å². The van der Waals surface area contributed by atoms with E-state index in [1.807, 2.05) is 6.07 Å². The summed E-state index contributed by atoms with van der Waals surface area (Å²) in [6.07, 6.45) is 10.6. The largest absolute Gasteiger partial charge is 0.497 e. The molecule has 0 bridgehead atoms. The minimum atomic E-state index is -0.629. The number of methoxy groups -OCH3 is 1. The molecule has 2 aromatic carbocycles. The first-order valence-corrected chi connectivity index (χ1v) is 19.3. The first-order chi connectivity index (χ1) is 23.3. The van der Waals surface area contributed by atoms with Gasteiger partial charge in [0.05, 0.1) is 18.2 Å². The molecule has 0 spiro atoms. The SMILES string of the molecule is CCCC(CN(C)CC)=NC(=O)C12CC1c1cc(OC)ccc1-c1c(C3CCCCC3)c3ccc(C(=O)NSC(CC)CC)cc3n1C2. The number of benzene rings is 2. The summed E-state index contributed by atoms with van der Waals surface area (Å²) in [7, 11) is 3.80. The van der Waals surface area contributed by atoms with Gasteiger partial charge in [-0.3, -0.25) is 14.3 Å². The highest BCUT2D eigenvalue weighted by Gasteiger charge is 2.63. The molecule has 0 saturated heterocycles. The standard InChI is InChI=1S/C40H54N4O3S/c1-7-14-28(24-43(5)10-4)41-39(46)40-23-34(40)33-22-29(47-6)18-20-31(33)37-36(26-15-12-11-13-16-26)32-19-17-27(21-35(32)44(37)25-40)38(45)42-48-30(8-2)9-3/h17-22,26,30,34H,7-16,23-25H2,1-6H3,(H,42,45). The van der Waals surface area contributed by atoms with Crippen LogP contribution >= 0.6 is 11.9 Å². The van der Waals surface area contributed by atoms with Gasteiger partial charge in [-0.2, -0.15) is 0 Å². The zero-order chi connectivity index (χ0) is 34.0. The molecule has 2 fully saturated rings. The van der Waals surface area contributed by atoms with E-state index in [4.69, 9.17) is 9.73 Å². The van der Waals surface area contributed by atoms with Crippen LogP contribution < -0.4 is 9.46 Å². The number of fused-ring (bicyclic) bond motifs is 7. The summed E-state index contributed by atoms with van der Waals surface area (Å²) in [4.78, 5) is 35.2. The molecule has 2 aliphatic carbocycles. The van der Waals surface area contributed by atoms with Crippen molar-refractivity contribution in [1.29, 1.82) is 0 Å². The number of ether oxygens (including phenoxy) is 1. The molecule has 2 amide bonds. The number of amides is 2. The molecule has 3 aliphatic rings. The summed E-state index contributed by atoms with van der Waals surface area (Å²) in [5, 5.41) is 1.60. The van der Waals surface area contributed by atoms with E-state index < -0.39 is 5.41 Å². The molecular weight excluding hydrogens is 617 g/mol. The lowest BCUT2D eigenvalue weighted by Crippen LogP contribution is -2.28. The molecule has 1 aromatic heterocycles. The van der Waals surface area contributed by atoms with Crippen molar-refractivity contribution in [2.75, 3.05) is 27.2 Å². The lowest BCUT2D eigenvalue weighted by Gasteiger charge is -2.24. The molecule has 258 valence electrons. The number of nitrogens with one attached hydrogen (secondary N) is 1. The molecule has 3 aromatic rings. The van der Waals surface area contributed by atoms with E-state index >= 15 is 0 Å². The van der Waals surface area contributed by atoms with Crippen molar-refractivity contribution < 1.29 is 14.3 Å². The van der Waals surface area contributed by atoms with E-state index in [0.717, 1.165) is 68.5 Å². The van der Waals surface area contributed by atoms with Crippen molar-refractivity contribution in [1.82, 2.24) is 14.2 Å². The van der Waals surface area contributed by atoms with E-state index in [0.29, 0.717) is 29.8 Å². The fourth-order valence-corrected chi connectivity index (χ4v) is 8.94. The predicted octanol–water partition coefficient (Wildman–Crippen LogP) is 9.14. The molecule has 48 heavy (non-hydrogen) atoms. The maximum absolute atomic E-state index is 14.6. The lowest BCUT2D eigenvalue weighted by molar-refractivity contribution is -0.123. The Labute approximate surface area is 291 Å². The van der Waals surface area contributed by atoms with Crippen LogP contribution in [0.1, 0.15) is 125 Å². The average molecular weight is 671 g/mol. The number of aliphatic imine (C=N–C) groups is 1. The molecule has 2 saturated carbocycles. The number of nitrogens with zero attached hydrogens (tertiary/aromatic N) is 3. The van der Waals surface area contributed by atoms with Crippen LogP contribution in [-0.2, 0) is 11.3 Å². The first kappa shape index (κ1) is 34.8. The highest BCUT2D eigenvalue weighted by atomic mass is 32.2. The molecule has 0 radical (unpaired) electrons. The Hall–Kier alpha value is -3.10. The van der Waals surface area contributed by atoms with Gasteiger partial charge < -0.3 is 14.2 Å². The maximum Gasteiger partial charge on any atom is 0.261 e. The molecule has 7 nitrogen and oxygen atoms in total. The summed E-state index contributed by atoms with van der Waals surface area (Å²) in [6, 6.07) is 12.7. The minimum absolute atomic E-state index is 0.00129. The van der Waals surface area contributed by atoms with E-state index in [1.165, 1.54) is 59.0 Å². The average Bonchev–Trinajstić information content (AvgIpc) is 3.78. The number of hydrogen-bond donors (Lipinski definition) is 1. The third kappa shape index (κ3) is 6.59. The smallest absolute Gasteiger partial charge is 0.261 e. The van der Waals surface area contributed by atoms with Crippen LogP contribution in [0.3, 0.4) is 0 Å². The number of carbonyl (C=O) groups is 2. The highest BCUT2D eigenvalue weighted by Crippen LogP contribution is 2.66. The summed E-state index contributed by atoms with van der Waals surface area (Å²) < 4.78 is 11.3. The van der Waals surface area contributed by atoms with Gasteiger partial charge in [0, 0.05) is 52.0 Å². The molecule has 2 heterocycles. The van der Waals surface area contributed by atoms with Crippen molar-refractivity contribution >= 4 is 40.4 Å². The molecule has 2 atom stereocenters. The van der Waals surface area contributed by atoms with Crippen molar-refractivity contribution in [2.24, 2.45) is 10.4 Å². The maximum atomic E-state index is 14.6. The van der Waals surface area contributed by atoms with Crippen LogP contribution in [0.15, 0.2) is 41.4 Å². The van der Waals surface area contributed by atoms with Gasteiger partial charge >= 0.3 is 0 Å². The summed E-state index contributed by atoms with van der Waals surface area (Å²) in [5.74, 6) is 1.27. The molecule has 1 N–H and O–H groups in total. The molecule has 6 rings (SSSR count). The van der Waals surface area contributed by atoms with Crippen LogP contribution in [0.2, 0.25) is 0 Å². The Balaban J connectivity index is 1.52. The normalized spacial score (nSPS) is 20.8. The zero-order valence-electron chi connectivity index (χ0n) is 29.9.